The monoisotopic (exact) mass is 376 g/mol. The summed E-state index contributed by atoms with van der Waals surface area (Å²) in [7, 11) is 0. The zero-order chi connectivity index (χ0) is 18.8. The topological polar surface area (TPSA) is 53.8 Å². The van der Waals surface area contributed by atoms with E-state index in [4.69, 9.17) is 16.0 Å². The van der Waals surface area contributed by atoms with Gasteiger partial charge < -0.3 is 9.32 Å². The molecule has 0 bridgehead atoms. The van der Waals surface area contributed by atoms with Crippen LogP contribution in [0.2, 0.25) is 5.02 Å². The fourth-order valence-electron chi connectivity index (χ4n) is 3.42. The van der Waals surface area contributed by atoms with Gasteiger partial charge in [0.1, 0.15) is 5.58 Å². The third kappa shape index (κ3) is 3.94. The van der Waals surface area contributed by atoms with Crippen molar-refractivity contribution in [3.8, 4) is 0 Å². The van der Waals surface area contributed by atoms with Crippen LogP contribution < -0.4 is 5.63 Å². The van der Waals surface area contributed by atoms with Crippen LogP contribution in [0.5, 0.6) is 0 Å². The minimum absolute atomic E-state index is 0.0270. The number of aryl methyl sites for hydroxylation is 1. The van der Waals surface area contributed by atoms with Gasteiger partial charge in [0, 0.05) is 55.1 Å². The first-order valence-electron chi connectivity index (χ1n) is 9.15. The van der Waals surface area contributed by atoms with Gasteiger partial charge in [-0.05, 0) is 29.7 Å². The first-order valence-corrected chi connectivity index (χ1v) is 9.53. The quantitative estimate of drug-likeness (QED) is 0.768. The number of hydrogen-bond acceptors (Lipinski definition) is 4. The first-order chi connectivity index (χ1) is 12.4. The standard InChI is InChI=1S/C20H25ClN2O3/c1-4-14-9-18-16(11-17(14)21)15(10-19(24)26-18)12-22-5-7-23(8-6-22)20(25)13(2)3/h9-11,13H,4-8,12H2,1-3H3. The van der Waals surface area contributed by atoms with Crippen molar-refractivity contribution in [1.82, 2.24) is 9.80 Å². The molecule has 0 saturated carbocycles. The molecule has 1 aromatic heterocycles. The van der Waals surface area contributed by atoms with Gasteiger partial charge in [-0.25, -0.2) is 4.79 Å². The van der Waals surface area contributed by atoms with Crippen molar-refractivity contribution in [2.75, 3.05) is 26.2 Å². The van der Waals surface area contributed by atoms with Crippen LogP contribution in [0, 0.1) is 5.92 Å². The van der Waals surface area contributed by atoms with E-state index in [1.165, 1.54) is 0 Å². The number of fused-ring (bicyclic) bond motifs is 1. The molecular weight excluding hydrogens is 352 g/mol. The summed E-state index contributed by atoms with van der Waals surface area (Å²) in [5.41, 5.74) is 2.14. The Hall–Kier alpha value is -1.85. The van der Waals surface area contributed by atoms with Gasteiger partial charge in [-0.1, -0.05) is 32.4 Å². The molecule has 0 aliphatic carbocycles. The molecule has 0 spiro atoms. The summed E-state index contributed by atoms with van der Waals surface area (Å²) in [6.45, 7) is 9.55. The Morgan fingerprint density at radius 3 is 2.46 bits per heavy atom. The van der Waals surface area contributed by atoms with E-state index in [-0.39, 0.29) is 17.5 Å². The van der Waals surface area contributed by atoms with Crippen LogP contribution in [0.4, 0.5) is 0 Å². The average Bonchev–Trinajstić information content (AvgIpc) is 2.61. The summed E-state index contributed by atoms with van der Waals surface area (Å²) in [6, 6.07) is 5.31. The number of nitrogens with zero attached hydrogens (tertiary/aromatic N) is 2. The molecule has 1 amide bonds. The maximum atomic E-state index is 12.1. The number of benzene rings is 1. The smallest absolute Gasteiger partial charge is 0.336 e. The van der Waals surface area contributed by atoms with Crippen LogP contribution in [0.25, 0.3) is 11.0 Å². The molecular formula is C20H25ClN2O3. The number of piperazine rings is 1. The Kier molecular flexibility index (Phi) is 5.68. The van der Waals surface area contributed by atoms with E-state index in [0.717, 1.165) is 49.1 Å². The zero-order valence-electron chi connectivity index (χ0n) is 15.5. The van der Waals surface area contributed by atoms with Gasteiger partial charge >= 0.3 is 5.63 Å². The van der Waals surface area contributed by atoms with Gasteiger partial charge in [0.05, 0.1) is 0 Å². The van der Waals surface area contributed by atoms with Gasteiger partial charge in [-0.2, -0.15) is 0 Å². The summed E-state index contributed by atoms with van der Waals surface area (Å²) >= 11 is 6.36. The summed E-state index contributed by atoms with van der Waals surface area (Å²) < 4.78 is 5.38. The maximum Gasteiger partial charge on any atom is 0.336 e. The highest BCUT2D eigenvalue weighted by atomic mass is 35.5. The van der Waals surface area contributed by atoms with Crippen molar-refractivity contribution >= 4 is 28.5 Å². The molecule has 0 unspecified atom stereocenters. The predicted octanol–water partition coefficient (Wildman–Crippen LogP) is 3.31. The fraction of sp³-hybridized carbons (Fsp3) is 0.500. The average molecular weight is 377 g/mol. The van der Waals surface area contributed by atoms with E-state index in [9.17, 15) is 9.59 Å². The molecule has 1 fully saturated rings. The van der Waals surface area contributed by atoms with Crippen LogP contribution in [-0.4, -0.2) is 41.9 Å². The molecule has 1 saturated heterocycles. The third-order valence-corrected chi connectivity index (χ3v) is 5.30. The molecule has 140 valence electrons. The van der Waals surface area contributed by atoms with Gasteiger partial charge in [0.2, 0.25) is 5.91 Å². The number of carbonyl (C=O) groups is 1. The highest BCUT2D eigenvalue weighted by Gasteiger charge is 2.23. The molecule has 0 atom stereocenters. The van der Waals surface area contributed by atoms with E-state index in [1.807, 2.05) is 37.8 Å². The Bertz CT molecular complexity index is 867. The van der Waals surface area contributed by atoms with Crippen molar-refractivity contribution in [2.24, 2.45) is 5.92 Å². The number of amides is 1. The summed E-state index contributed by atoms with van der Waals surface area (Å²) in [5, 5.41) is 1.58. The van der Waals surface area contributed by atoms with Crippen LogP contribution in [0.15, 0.2) is 27.4 Å². The third-order valence-electron chi connectivity index (χ3n) is 4.95. The molecule has 5 nitrogen and oxygen atoms in total. The van der Waals surface area contributed by atoms with E-state index in [2.05, 4.69) is 4.90 Å². The van der Waals surface area contributed by atoms with Crippen molar-refractivity contribution in [3.63, 3.8) is 0 Å². The van der Waals surface area contributed by atoms with E-state index in [0.29, 0.717) is 17.2 Å². The Balaban J connectivity index is 1.80. The lowest BCUT2D eigenvalue weighted by molar-refractivity contribution is -0.136. The highest BCUT2D eigenvalue weighted by Crippen LogP contribution is 2.27. The zero-order valence-corrected chi connectivity index (χ0v) is 16.3. The first kappa shape index (κ1) is 18.9. The molecule has 1 aliphatic heterocycles. The highest BCUT2D eigenvalue weighted by molar-refractivity contribution is 6.32. The van der Waals surface area contributed by atoms with Crippen molar-refractivity contribution in [2.45, 2.75) is 33.7 Å². The minimum atomic E-state index is -0.342. The molecule has 0 N–H and O–H groups in total. The van der Waals surface area contributed by atoms with Gasteiger partial charge in [-0.15, -0.1) is 0 Å². The van der Waals surface area contributed by atoms with Crippen LogP contribution in [-0.2, 0) is 17.8 Å². The maximum absolute atomic E-state index is 12.1. The normalized spacial score (nSPS) is 15.8. The predicted molar refractivity (Wildman–Crippen MR) is 104 cm³/mol. The second kappa shape index (κ2) is 7.80. The Morgan fingerprint density at radius 1 is 1.15 bits per heavy atom. The minimum Gasteiger partial charge on any atom is -0.423 e. The van der Waals surface area contributed by atoms with Gasteiger partial charge in [-0.3, -0.25) is 9.69 Å². The SMILES string of the molecule is CCc1cc2oc(=O)cc(CN3CCN(C(=O)C(C)C)CC3)c2cc1Cl. The summed E-state index contributed by atoms with van der Waals surface area (Å²) in [6.07, 6.45) is 0.786. The van der Waals surface area contributed by atoms with Gasteiger partial charge in [0.25, 0.3) is 0 Å². The molecule has 2 heterocycles. The lowest BCUT2D eigenvalue weighted by Crippen LogP contribution is -2.49. The number of carbonyl (C=O) groups excluding carboxylic acids is 1. The van der Waals surface area contributed by atoms with E-state index < -0.39 is 0 Å². The van der Waals surface area contributed by atoms with Crippen LogP contribution in [0.3, 0.4) is 0 Å². The molecule has 0 radical (unpaired) electrons. The van der Waals surface area contributed by atoms with Crippen molar-refractivity contribution in [1.29, 1.82) is 0 Å². The van der Waals surface area contributed by atoms with Crippen LogP contribution >= 0.6 is 11.6 Å². The molecule has 2 aromatic rings. The summed E-state index contributed by atoms with van der Waals surface area (Å²) in [4.78, 5) is 28.3. The molecule has 1 aliphatic rings. The Morgan fingerprint density at radius 2 is 1.85 bits per heavy atom. The lowest BCUT2D eigenvalue weighted by atomic mass is 10.1. The fourth-order valence-corrected chi connectivity index (χ4v) is 3.72. The largest absolute Gasteiger partial charge is 0.423 e. The van der Waals surface area contributed by atoms with E-state index in [1.54, 1.807) is 6.07 Å². The van der Waals surface area contributed by atoms with Crippen molar-refractivity contribution < 1.29 is 9.21 Å². The second-order valence-electron chi connectivity index (χ2n) is 7.14. The summed E-state index contributed by atoms with van der Waals surface area (Å²) in [5.74, 6) is 0.230. The van der Waals surface area contributed by atoms with E-state index >= 15 is 0 Å². The number of halogens is 1. The molecule has 1 aromatic carbocycles. The van der Waals surface area contributed by atoms with Crippen LogP contribution in [0.1, 0.15) is 31.9 Å². The van der Waals surface area contributed by atoms with Crippen molar-refractivity contribution in [3.05, 3.63) is 44.8 Å². The second-order valence-corrected chi connectivity index (χ2v) is 7.55. The lowest BCUT2D eigenvalue weighted by Gasteiger charge is -2.35. The van der Waals surface area contributed by atoms with Gasteiger partial charge in [0.15, 0.2) is 0 Å². The molecule has 6 heteroatoms. The Labute approximate surface area is 158 Å². The number of hydrogen-bond donors (Lipinski definition) is 0. The number of rotatable bonds is 4. The molecule has 26 heavy (non-hydrogen) atoms. The molecule has 3 rings (SSSR count).